The van der Waals surface area contributed by atoms with E-state index < -0.39 is 10.0 Å². The lowest BCUT2D eigenvalue weighted by Gasteiger charge is -2.37. The maximum Gasteiger partial charge on any atom is 0.263 e. The molecule has 2 aromatic carbocycles. The molecule has 4 aromatic rings. The van der Waals surface area contributed by atoms with E-state index in [1.807, 2.05) is 40.8 Å². The summed E-state index contributed by atoms with van der Waals surface area (Å²) in [7, 11) is -3.76. The van der Waals surface area contributed by atoms with Crippen molar-refractivity contribution in [3.8, 4) is 6.07 Å². The Labute approximate surface area is 216 Å². The van der Waals surface area contributed by atoms with Crippen LogP contribution in [0.2, 0.25) is 0 Å². The number of fused-ring (bicyclic) bond motifs is 1. The van der Waals surface area contributed by atoms with Gasteiger partial charge in [0.05, 0.1) is 16.5 Å². The van der Waals surface area contributed by atoms with Crippen LogP contribution in [0, 0.1) is 11.3 Å². The highest BCUT2D eigenvalue weighted by molar-refractivity contribution is 7.92. The summed E-state index contributed by atoms with van der Waals surface area (Å²) in [6, 6.07) is 17.3. The second-order valence-corrected chi connectivity index (χ2v) is 10.5. The van der Waals surface area contributed by atoms with Crippen LogP contribution in [0.25, 0.3) is 10.9 Å². The van der Waals surface area contributed by atoms with Crippen molar-refractivity contribution in [1.29, 1.82) is 5.26 Å². The first-order chi connectivity index (χ1) is 17.9. The molecule has 1 fully saturated rings. The first-order valence-electron chi connectivity index (χ1n) is 11.8. The van der Waals surface area contributed by atoms with Gasteiger partial charge in [0.2, 0.25) is 5.91 Å². The highest BCUT2D eigenvalue weighted by atomic mass is 32.2. The van der Waals surface area contributed by atoms with Crippen LogP contribution in [-0.4, -0.2) is 59.9 Å². The molecule has 1 atom stereocenters. The molecule has 0 spiro atoms. The van der Waals surface area contributed by atoms with Crippen molar-refractivity contribution in [3.05, 3.63) is 78.9 Å². The second-order valence-electron chi connectivity index (χ2n) is 8.79. The first-order valence-corrected chi connectivity index (χ1v) is 13.3. The number of nitrogens with zero attached hydrogens (tertiary/aromatic N) is 6. The molecule has 2 aromatic heterocycles. The normalized spacial score (nSPS) is 14.8. The van der Waals surface area contributed by atoms with Crippen molar-refractivity contribution in [2.75, 3.05) is 35.8 Å². The number of rotatable bonds is 6. The van der Waals surface area contributed by atoms with E-state index in [1.54, 1.807) is 30.3 Å². The van der Waals surface area contributed by atoms with Crippen molar-refractivity contribution < 1.29 is 14.6 Å². The summed E-state index contributed by atoms with van der Waals surface area (Å²) >= 11 is 0. The molecule has 1 aliphatic heterocycles. The van der Waals surface area contributed by atoms with Crippen LogP contribution in [0.3, 0.4) is 0 Å². The van der Waals surface area contributed by atoms with Gasteiger partial charge in [-0.05, 0) is 61.5 Å². The molecule has 1 saturated heterocycles. The molecule has 3 heterocycles. The number of amides is 1. The van der Waals surface area contributed by atoms with Crippen LogP contribution >= 0.6 is 0 Å². The fourth-order valence-corrected chi connectivity index (χ4v) is 5.53. The van der Waals surface area contributed by atoms with Crippen LogP contribution in [0.1, 0.15) is 20.0 Å². The summed E-state index contributed by atoms with van der Waals surface area (Å²) < 4.78 is 29.7. The SMILES string of the molecule is CC(C(=O)N1CCN(c2ccc(S(=O)(=O)Nc3ccncn3)cc2)CC1)n1ccc2cc(C#N)ccc21.[HH]. The molecule has 1 amide bonds. The maximum absolute atomic E-state index is 13.3. The van der Waals surface area contributed by atoms with Crippen LogP contribution in [-0.2, 0) is 14.8 Å². The Hall–Kier alpha value is -4.43. The van der Waals surface area contributed by atoms with E-state index in [-0.39, 0.29) is 24.1 Å². The fourth-order valence-electron chi connectivity index (χ4n) is 4.52. The van der Waals surface area contributed by atoms with E-state index in [0.29, 0.717) is 31.7 Å². The molecule has 0 bridgehead atoms. The van der Waals surface area contributed by atoms with Crippen LogP contribution in [0.15, 0.2) is 78.2 Å². The molecule has 5 rings (SSSR count). The maximum atomic E-state index is 13.3. The monoisotopic (exact) mass is 517 g/mol. The summed E-state index contributed by atoms with van der Waals surface area (Å²) in [4.78, 5) is 25.1. The Morgan fingerprint density at radius 1 is 1.08 bits per heavy atom. The van der Waals surface area contributed by atoms with Gasteiger partial charge in [-0.1, -0.05) is 0 Å². The Morgan fingerprint density at radius 2 is 1.84 bits per heavy atom. The molecule has 11 heteroatoms. The number of aromatic nitrogens is 3. The molecule has 1 N–H and O–H groups in total. The lowest BCUT2D eigenvalue weighted by atomic mass is 10.1. The number of carbonyl (C=O) groups is 1. The number of benzene rings is 2. The van der Waals surface area contributed by atoms with Gasteiger partial charge < -0.3 is 14.4 Å². The van der Waals surface area contributed by atoms with Crippen LogP contribution in [0.5, 0.6) is 0 Å². The number of hydrogen-bond acceptors (Lipinski definition) is 7. The Morgan fingerprint density at radius 3 is 2.51 bits per heavy atom. The van der Waals surface area contributed by atoms with Gasteiger partial charge in [-0.2, -0.15) is 5.26 Å². The van der Waals surface area contributed by atoms with Gasteiger partial charge in [0, 0.05) is 56.6 Å². The number of nitrogens with one attached hydrogen (secondary N) is 1. The highest BCUT2D eigenvalue weighted by Crippen LogP contribution is 2.25. The third-order valence-electron chi connectivity index (χ3n) is 6.55. The number of nitriles is 1. The van der Waals surface area contributed by atoms with Crippen LogP contribution in [0.4, 0.5) is 11.5 Å². The number of piperazine rings is 1. The number of carbonyl (C=O) groups excluding carboxylic acids is 1. The van der Waals surface area contributed by atoms with E-state index in [0.717, 1.165) is 16.6 Å². The van der Waals surface area contributed by atoms with E-state index in [1.165, 1.54) is 18.6 Å². The minimum absolute atomic E-state index is 0. The summed E-state index contributed by atoms with van der Waals surface area (Å²) in [6.45, 7) is 4.30. The molecule has 10 nitrogen and oxygen atoms in total. The van der Waals surface area contributed by atoms with Crippen molar-refractivity contribution in [2.24, 2.45) is 0 Å². The second kappa shape index (κ2) is 9.91. The van der Waals surface area contributed by atoms with Crippen molar-refractivity contribution in [2.45, 2.75) is 17.9 Å². The average Bonchev–Trinajstić information content (AvgIpc) is 3.36. The molecular weight excluding hydrogens is 490 g/mol. The summed E-state index contributed by atoms with van der Waals surface area (Å²) in [5.74, 6) is 0.243. The summed E-state index contributed by atoms with van der Waals surface area (Å²) in [5.41, 5.74) is 2.40. The third-order valence-corrected chi connectivity index (χ3v) is 7.92. The fraction of sp³-hybridized carbons (Fsp3) is 0.231. The molecule has 190 valence electrons. The summed E-state index contributed by atoms with van der Waals surface area (Å²) in [5, 5.41) is 10.1. The number of sulfonamides is 1. The highest BCUT2D eigenvalue weighted by Gasteiger charge is 2.27. The zero-order valence-electron chi connectivity index (χ0n) is 20.2. The van der Waals surface area contributed by atoms with Gasteiger partial charge in [-0.25, -0.2) is 18.4 Å². The van der Waals surface area contributed by atoms with E-state index >= 15 is 0 Å². The lowest BCUT2D eigenvalue weighted by molar-refractivity contribution is -0.134. The van der Waals surface area contributed by atoms with Gasteiger partial charge in [0.1, 0.15) is 18.2 Å². The average molecular weight is 518 g/mol. The van der Waals surface area contributed by atoms with Crippen molar-refractivity contribution in [3.63, 3.8) is 0 Å². The standard InChI is InChI=1S/C26H25N7O3S.H2/c1-19(33-11-9-21-16-20(17-27)2-7-24(21)33)26(34)32-14-12-31(13-15-32)22-3-5-23(6-4-22)37(35,36)30-25-8-10-28-18-29-25;/h2-11,16,18-19H,12-15H2,1H3,(H,28,29,30);1H. The Kier molecular flexibility index (Phi) is 6.50. The molecule has 1 aliphatic rings. The van der Waals surface area contributed by atoms with Crippen LogP contribution < -0.4 is 9.62 Å². The molecule has 0 aliphatic carbocycles. The summed E-state index contributed by atoms with van der Waals surface area (Å²) in [6.07, 6.45) is 4.63. The Bertz CT molecular complexity index is 1580. The van der Waals surface area contributed by atoms with E-state index in [9.17, 15) is 13.2 Å². The van der Waals surface area contributed by atoms with Gasteiger partial charge in [0.15, 0.2) is 0 Å². The lowest BCUT2D eigenvalue weighted by Crippen LogP contribution is -2.50. The topological polar surface area (TPSA) is 124 Å². The van der Waals surface area contributed by atoms with Crippen molar-refractivity contribution in [1.82, 2.24) is 19.4 Å². The number of anilines is 2. The minimum Gasteiger partial charge on any atom is -0.368 e. The third kappa shape index (κ3) is 4.96. The quantitative estimate of drug-likeness (QED) is 0.416. The van der Waals surface area contributed by atoms with Crippen molar-refractivity contribution >= 4 is 38.3 Å². The molecule has 1 unspecified atom stereocenters. The van der Waals surface area contributed by atoms with Gasteiger partial charge in [0.25, 0.3) is 10.0 Å². The number of hydrogen-bond donors (Lipinski definition) is 1. The zero-order valence-corrected chi connectivity index (χ0v) is 21.0. The van der Waals surface area contributed by atoms with E-state index in [4.69, 9.17) is 5.26 Å². The van der Waals surface area contributed by atoms with Gasteiger partial charge in [-0.15, -0.1) is 0 Å². The molecule has 0 radical (unpaired) electrons. The van der Waals surface area contributed by atoms with E-state index in [2.05, 4.69) is 25.7 Å². The largest absolute Gasteiger partial charge is 0.368 e. The molecule has 37 heavy (non-hydrogen) atoms. The predicted molar refractivity (Wildman–Crippen MR) is 142 cm³/mol. The minimum atomic E-state index is -3.76. The first kappa shape index (κ1) is 24.3. The zero-order chi connectivity index (χ0) is 26.0. The molecular formula is C26H27N7O3S. The smallest absolute Gasteiger partial charge is 0.263 e. The molecule has 0 saturated carbocycles. The predicted octanol–water partition coefficient (Wildman–Crippen LogP) is 3.26. The van der Waals surface area contributed by atoms with Gasteiger partial charge >= 0.3 is 0 Å². The Balaban J connectivity index is 0.00000336. The van der Waals surface area contributed by atoms with Gasteiger partial charge in [-0.3, -0.25) is 9.52 Å².